The van der Waals surface area contributed by atoms with E-state index in [4.69, 9.17) is 16.1 Å². The zero-order valence-electron chi connectivity index (χ0n) is 10.6. The van der Waals surface area contributed by atoms with E-state index in [2.05, 4.69) is 5.16 Å². The topological polar surface area (TPSA) is 63.3 Å². The van der Waals surface area contributed by atoms with E-state index in [1.807, 2.05) is 0 Å². The number of carboxylic acid groups (broad SMARTS) is 1. The van der Waals surface area contributed by atoms with Crippen LogP contribution >= 0.6 is 11.6 Å². The Hall–Kier alpha value is -1.95. The monoisotopic (exact) mass is 301 g/mol. The third kappa shape index (κ3) is 2.38. The van der Waals surface area contributed by atoms with Crippen LogP contribution in [-0.4, -0.2) is 16.2 Å². The van der Waals surface area contributed by atoms with Gasteiger partial charge in [0, 0.05) is 0 Å². The minimum Gasteiger partial charge on any atom is -0.477 e. The number of benzene rings is 1. The molecule has 0 unspecified atom stereocenters. The smallest absolute Gasteiger partial charge is 0.341 e. The summed E-state index contributed by atoms with van der Waals surface area (Å²) in [5.41, 5.74) is -3.17. The Balaban J connectivity index is 2.77. The fraction of sp³-hybridized carbons (Fsp3) is 0.231. The molecule has 2 aromatic rings. The van der Waals surface area contributed by atoms with Gasteiger partial charge in [-0.15, -0.1) is 0 Å². The van der Waals surface area contributed by atoms with Gasteiger partial charge >= 0.3 is 5.97 Å². The van der Waals surface area contributed by atoms with Gasteiger partial charge in [0.2, 0.25) is 0 Å². The summed E-state index contributed by atoms with van der Waals surface area (Å²) in [5, 5.41) is 12.6. The lowest BCUT2D eigenvalue weighted by Gasteiger charge is -2.10. The summed E-state index contributed by atoms with van der Waals surface area (Å²) in [5.74, 6) is -2.72. The van der Waals surface area contributed by atoms with Crippen LogP contribution in [0.3, 0.4) is 0 Å². The molecule has 106 valence electrons. The number of carbonyl (C=O) groups is 1. The van der Waals surface area contributed by atoms with Crippen molar-refractivity contribution in [1.29, 1.82) is 0 Å². The van der Waals surface area contributed by atoms with E-state index in [0.29, 0.717) is 0 Å². The molecular weight excluding hydrogens is 292 g/mol. The van der Waals surface area contributed by atoms with Gasteiger partial charge in [0.25, 0.3) is 0 Å². The summed E-state index contributed by atoms with van der Waals surface area (Å²) in [6.07, 6.45) is 0. The van der Waals surface area contributed by atoms with Crippen molar-refractivity contribution in [2.24, 2.45) is 0 Å². The van der Waals surface area contributed by atoms with E-state index in [0.717, 1.165) is 19.9 Å². The first-order chi connectivity index (χ1) is 9.23. The highest BCUT2D eigenvalue weighted by Gasteiger charge is 2.35. The van der Waals surface area contributed by atoms with Gasteiger partial charge in [0.1, 0.15) is 17.1 Å². The van der Waals surface area contributed by atoms with Gasteiger partial charge in [-0.1, -0.05) is 22.8 Å². The van der Waals surface area contributed by atoms with Gasteiger partial charge in [0.05, 0.1) is 10.6 Å². The molecule has 7 heteroatoms. The molecule has 0 aliphatic heterocycles. The predicted molar refractivity (Wildman–Crippen MR) is 68.0 cm³/mol. The Morgan fingerprint density at radius 3 is 2.60 bits per heavy atom. The summed E-state index contributed by atoms with van der Waals surface area (Å²) >= 11 is 5.86. The van der Waals surface area contributed by atoms with Crippen LogP contribution < -0.4 is 0 Å². The van der Waals surface area contributed by atoms with Gasteiger partial charge < -0.3 is 9.63 Å². The molecule has 1 N–H and O–H groups in total. The summed E-state index contributed by atoms with van der Waals surface area (Å²) < 4.78 is 32.5. The lowest BCUT2D eigenvalue weighted by atomic mass is 9.99. The summed E-state index contributed by atoms with van der Waals surface area (Å²) in [4.78, 5) is 11.3. The zero-order chi connectivity index (χ0) is 15.1. The minimum absolute atomic E-state index is 0.0379. The van der Waals surface area contributed by atoms with Gasteiger partial charge in [-0.05, 0) is 26.0 Å². The largest absolute Gasteiger partial charge is 0.477 e. The van der Waals surface area contributed by atoms with Crippen molar-refractivity contribution in [1.82, 2.24) is 5.16 Å². The highest BCUT2D eigenvalue weighted by Crippen LogP contribution is 2.37. The van der Waals surface area contributed by atoms with E-state index in [9.17, 15) is 18.7 Å². The molecular formula is C13H10ClF2NO3. The Kier molecular flexibility index (Phi) is 3.52. The minimum atomic E-state index is -2.07. The van der Waals surface area contributed by atoms with E-state index in [-0.39, 0.29) is 16.3 Å². The molecule has 0 spiro atoms. The predicted octanol–water partition coefficient (Wildman–Crippen LogP) is 4.04. The van der Waals surface area contributed by atoms with Crippen LogP contribution in [0.5, 0.6) is 0 Å². The average Bonchev–Trinajstić information content (AvgIpc) is 2.73. The van der Waals surface area contributed by atoms with E-state index >= 15 is 0 Å². The zero-order valence-corrected chi connectivity index (χ0v) is 11.3. The lowest BCUT2D eigenvalue weighted by molar-refractivity contribution is 0.0683. The molecule has 0 aliphatic carbocycles. The molecule has 4 nitrogen and oxygen atoms in total. The van der Waals surface area contributed by atoms with Crippen molar-refractivity contribution in [2.45, 2.75) is 19.5 Å². The van der Waals surface area contributed by atoms with Gasteiger partial charge in [-0.2, -0.15) is 0 Å². The second kappa shape index (κ2) is 4.86. The summed E-state index contributed by atoms with van der Waals surface area (Å²) in [7, 11) is 0. The molecule has 20 heavy (non-hydrogen) atoms. The van der Waals surface area contributed by atoms with Crippen molar-refractivity contribution in [3.8, 4) is 11.3 Å². The molecule has 1 heterocycles. The molecule has 0 saturated carbocycles. The van der Waals surface area contributed by atoms with Crippen molar-refractivity contribution in [2.75, 3.05) is 0 Å². The van der Waals surface area contributed by atoms with Crippen LogP contribution in [0.25, 0.3) is 11.3 Å². The number of nitrogens with zero attached hydrogens (tertiary/aromatic N) is 1. The maximum atomic E-state index is 13.9. The average molecular weight is 302 g/mol. The second-order valence-electron chi connectivity index (χ2n) is 4.61. The Bertz CT molecular complexity index is 656. The maximum Gasteiger partial charge on any atom is 0.341 e. The molecule has 0 saturated heterocycles. The van der Waals surface area contributed by atoms with Gasteiger partial charge in [0.15, 0.2) is 11.4 Å². The normalized spacial score (nSPS) is 11.7. The van der Waals surface area contributed by atoms with Gasteiger partial charge in [-0.25, -0.2) is 13.6 Å². The first kappa shape index (κ1) is 14.5. The number of hydrogen-bond acceptors (Lipinski definition) is 3. The number of rotatable bonds is 3. The van der Waals surface area contributed by atoms with Crippen molar-refractivity contribution in [3.05, 3.63) is 40.4 Å². The van der Waals surface area contributed by atoms with Gasteiger partial charge in [-0.3, -0.25) is 0 Å². The number of halogens is 3. The number of hydrogen-bond donors (Lipinski definition) is 1. The molecule has 0 fully saturated rings. The second-order valence-corrected chi connectivity index (χ2v) is 5.02. The third-order valence-electron chi connectivity index (χ3n) is 2.65. The summed E-state index contributed by atoms with van der Waals surface area (Å²) in [6, 6.07) is 3.84. The van der Waals surface area contributed by atoms with Crippen LogP contribution in [0, 0.1) is 5.82 Å². The first-order valence-corrected chi connectivity index (χ1v) is 5.98. The molecule has 0 aliphatic rings. The Morgan fingerprint density at radius 1 is 1.45 bits per heavy atom. The SMILES string of the molecule is CC(C)(F)c1onc(-c2c(F)cccc2Cl)c1C(=O)O. The molecule has 0 atom stereocenters. The van der Waals surface area contributed by atoms with Crippen LogP contribution in [0.2, 0.25) is 5.02 Å². The lowest BCUT2D eigenvalue weighted by Crippen LogP contribution is -2.13. The Morgan fingerprint density at radius 2 is 2.10 bits per heavy atom. The quantitative estimate of drug-likeness (QED) is 0.929. The molecule has 0 amide bonds. The fourth-order valence-corrected chi connectivity index (χ4v) is 2.04. The number of alkyl halides is 1. The molecule has 0 radical (unpaired) electrons. The molecule has 2 rings (SSSR count). The highest BCUT2D eigenvalue weighted by atomic mass is 35.5. The highest BCUT2D eigenvalue weighted by molar-refractivity contribution is 6.33. The third-order valence-corrected chi connectivity index (χ3v) is 2.96. The standard InChI is InChI=1S/C13H10ClF2NO3/c1-13(2,16)11-9(12(18)19)10(17-20-11)8-6(14)4-3-5-7(8)15/h3-5H,1-2H3,(H,18,19). The Labute approximate surface area is 118 Å². The van der Waals surface area contributed by atoms with Crippen LogP contribution in [-0.2, 0) is 5.67 Å². The maximum absolute atomic E-state index is 13.9. The number of carboxylic acids is 1. The van der Waals surface area contributed by atoms with Crippen LogP contribution in [0.4, 0.5) is 8.78 Å². The van der Waals surface area contributed by atoms with Crippen molar-refractivity contribution >= 4 is 17.6 Å². The summed E-state index contributed by atoms with van der Waals surface area (Å²) in [6.45, 7) is 2.24. The van der Waals surface area contributed by atoms with Crippen molar-refractivity contribution in [3.63, 3.8) is 0 Å². The van der Waals surface area contributed by atoms with E-state index in [1.54, 1.807) is 0 Å². The molecule has 1 aromatic carbocycles. The van der Waals surface area contributed by atoms with Crippen LogP contribution in [0.1, 0.15) is 30.0 Å². The number of aromatic carboxylic acids is 1. The molecule has 0 bridgehead atoms. The van der Waals surface area contributed by atoms with E-state index in [1.165, 1.54) is 12.1 Å². The molecule has 1 aromatic heterocycles. The van der Waals surface area contributed by atoms with Crippen LogP contribution in [0.15, 0.2) is 22.7 Å². The first-order valence-electron chi connectivity index (χ1n) is 5.60. The number of aromatic nitrogens is 1. The fourth-order valence-electron chi connectivity index (χ4n) is 1.79. The van der Waals surface area contributed by atoms with Crippen molar-refractivity contribution < 1.29 is 23.2 Å². The van der Waals surface area contributed by atoms with E-state index < -0.39 is 28.8 Å².